The Morgan fingerprint density at radius 1 is 1.47 bits per heavy atom. The van der Waals surface area contributed by atoms with Crippen molar-refractivity contribution in [3.63, 3.8) is 0 Å². The first kappa shape index (κ1) is 12.4. The van der Waals surface area contributed by atoms with Crippen molar-refractivity contribution in [3.05, 3.63) is 28.5 Å². The maximum atomic E-state index is 13.3. The minimum absolute atomic E-state index is 0.0201. The third-order valence-electron chi connectivity index (χ3n) is 1.69. The average Bonchev–Trinajstić information content (AvgIpc) is 2.11. The molecular weight excluding hydrogens is 285 g/mol. The van der Waals surface area contributed by atoms with E-state index in [9.17, 15) is 12.8 Å². The van der Waals surface area contributed by atoms with Crippen LogP contribution in [0.1, 0.15) is 13.3 Å². The van der Waals surface area contributed by atoms with Gasteiger partial charge in [0.05, 0.1) is 11.4 Å². The van der Waals surface area contributed by atoms with Gasteiger partial charge in [0.25, 0.3) is 0 Å². The van der Waals surface area contributed by atoms with Gasteiger partial charge in [-0.1, -0.05) is 13.0 Å². The second-order valence-electron chi connectivity index (χ2n) is 3.02. The predicted molar refractivity (Wildman–Crippen MR) is 61.8 cm³/mol. The molecule has 84 valence electrons. The van der Waals surface area contributed by atoms with Crippen LogP contribution in [0.4, 0.5) is 10.1 Å². The van der Waals surface area contributed by atoms with Gasteiger partial charge in [-0.05, 0) is 34.5 Å². The molecule has 0 aromatic heterocycles. The highest BCUT2D eigenvalue weighted by atomic mass is 79.9. The monoisotopic (exact) mass is 295 g/mol. The van der Waals surface area contributed by atoms with Crippen LogP contribution in [0.5, 0.6) is 0 Å². The molecule has 1 aromatic carbocycles. The fourth-order valence-corrected chi connectivity index (χ4v) is 2.80. The first-order valence-corrected chi connectivity index (χ1v) is 6.85. The molecule has 0 aliphatic carbocycles. The van der Waals surface area contributed by atoms with E-state index in [-0.39, 0.29) is 11.4 Å². The summed E-state index contributed by atoms with van der Waals surface area (Å²) in [6.45, 7) is 1.75. The standard InChI is InChI=1S/C9H11BrFNO2S/c1-2-6-15(13,14)12-9-7(10)4-3-5-8(9)11/h3-5,12H,2,6H2,1H3. The van der Waals surface area contributed by atoms with E-state index in [0.717, 1.165) is 0 Å². The highest BCUT2D eigenvalue weighted by molar-refractivity contribution is 9.10. The van der Waals surface area contributed by atoms with Crippen LogP contribution in [0.2, 0.25) is 0 Å². The average molecular weight is 296 g/mol. The number of benzene rings is 1. The molecule has 0 atom stereocenters. The number of hydrogen-bond acceptors (Lipinski definition) is 2. The number of anilines is 1. The van der Waals surface area contributed by atoms with Crippen molar-refractivity contribution in [2.24, 2.45) is 0 Å². The summed E-state index contributed by atoms with van der Waals surface area (Å²) in [5.74, 6) is -0.614. The Kier molecular flexibility index (Phi) is 4.10. The topological polar surface area (TPSA) is 46.2 Å². The summed E-state index contributed by atoms with van der Waals surface area (Å²) >= 11 is 3.08. The molecule has 0 unspecified atom stereocenters. The quantitative estimate of drug-likeness (QED) is 0.928. The van der Waals surface area contributed by atoms with Crippen molar-refractivity contribution in [1.82, 2.24) is 0 Å². The molecule has 1 aromatic rings. The molecule has 0 aliphatic heterocycles. The fourth-order valence-electron chi connectivity index (χ4n) is 1.07. The van der Waals surface area contributed by atoms with Gasteiger partial charge < -0.3 is 0 Å². The van der Waals surface area contributed by atoms with Crippen LogP contribution in [0.25, 0.3) is 0 Å². The highest BCUT2D eigenvalue weighted by Gasteiger charge is 2.14. The maximum Gasteiger partial charge on any atom is 0.232 e. The lowest BCUT2D eigenvalue weighted by Gasteiger charge is -2.09. The molecule has 0 saturated heterocycles. The maximum absolute atomic E-state index is 13.3. The molecule has 0 saturated carbocycles. The summed E-state index contributed by atoms with van der Waals surface area (Å²) in [4.78, 5) is 0. The minimum atomic E-state index is -3.45. The molecule has 0 aliphatic rings. The number of sulfonamides is 1. The van der Waals surface area contributed by atoms with Crippen molar-refractivity contribution in [3.8, 4) is 0 Å². The fraction of sp³-hybridized carbons (Fsp3) is 0.333. The van der Waals surface area contributed by atoms with Crippen molar-refractivity contribution in [2.75, 3.05) is 10.5 Å². The van der Waals surface area contributed by atoms with Crippen LogP contribution in [0.3, 0.4) is 0 Å². The van der Waals surface area contributed by atoms with E-state index in [2.05, 4.69) is 20.7 Å². The number of hydrogen-bond donors (Lipinski definition) is 1. The second kappa shape index (κ2) is 4.94. The summed E-state index contributed by atoms with van der Waals surface area (Å²) in [7, 11) is -3.45. The van der Waals surface area contributed by atoms with Gasteiger partial charge in [-0.3, -0.25) is 4.72 Å². The van der Waals surface area contributed by atoms with Crippen molar-refractivity contribution >= 4 is 31.6 Å². The Balaban J connectivity index is 2.99. The predicted octanol–water partition coefficient (Wildman–Crippen LogP) is 2.74. The summed E-state index contributed by atoms with van der Waals surface area (Å²) in [5.41, 5.74) is -0.0362. The van der Waals surface area contributed by atoms with Crippen LogP contribution in [-0.2, 0) is 10.0 Å². The normalized spacial score (nSPS) is 11.4. The molecule has 0 heterocycles. The zero-order valence-corrected chi connectivity index (χ0v) is 10.5. The van der Waals surface area contributed by atoms with E-state index in [0.29, 0.717) is 10.9 Å². The summed E-state index contributed by atoms with van der Waals surface area (Å²) in [6.07, 6.45) is 0.488. The van der Waals surface area contributed by atoms with Gasteiger partial charge >= 0.3 is 0 Å². The minimum Gasteiger partial charge on any atom is -0.279 e. The zero-order chi connectivity index (χ0) is 11.5. The Bertz CT molecular complexity index is 427. The van der Waals surface area contributed by atoms with Crippen molar-refractivity contribution in [2.45, 2.75) is 13.3 Å². The number of para-hydroxylation sites is 1. The Morgan fingerprint density at radius 2 is 2.13 bits per heavy atom. The molecule has 0 radical (unpaired) electrons. The Labute approximate surface area is 96.9 Å². The highest BCUT2D eigenvalue weighted by Crippen LogP contribution is 2.26. The van der Waals surface area contributed by atoms with Crippen molar-refractivity contribution in [1.29, 1.82) is 0 Å². The van der Waals surface area contributed by atoms with Gasteiger partial charge in [0.1, 0.15) is 5.82 Å². The number of nitrogens with one attached hydrogen (secondary N) is 1. The van der Waals surface area contributed by atoms with Gasteiger partial charge in [-0.15, -0.1) is 0 Å². The van der Waals surface area contributed by atoms with Gasteiger partial charge in [0.2, 0.25) is 10.0 Å². The molecule has 0 amide bonds. The zero-order valence-electron chi connectivity index (χ0n) is 8.13. The smallest absolute Gasteiger partial charge is 0.232 e. The Morgan fingerprint density at radius 3 is 2.67 bits per heavy atom. The van der Waals surface area contributed by atoms with E-state index >= 15 is 0 Å². The molecule has 1 N–H and O–H groups in total. The molecule has 0 bridgehead atoms. The molecule has 0 fully saturated rings. The number of rotatable bonds is 4. The molecule has 3 nitrogen and oxygen atoms in total. The van der Waals surface area contributed by atoms with Crippen LogP contribution in [0.15, 0.2) is 22.7 Å². The first-order valence-electron chi connectivity index (χ1n) is 4.41. The third kappa shape index (κ3) is 3.46. The molecule has 0 spiro atoms. The molecular formula is C9H11BrFNO2S. The lowest BCUT2D eigenvalue weighted by molar-refractivity contribution is 0.597. The second-order valence-corrected chi connectivity index (χ2v) is 5.71. The van der Waals surface area contributed by atoms with Crippen LogP contribution in [-0.4, -0.2) is 14.2 Å². The Hall–Kier alpha value is -0.620. The van der Waals surface area contributed by atoms with Crippen LogP contribution >= 0.6 is 15.9 Å². The third-order valence-corrected chi connectivity index (χ3v) is 3.81. The van der Waals surface area contributed by atoms with Crippen LogP contribution < -0.4 is 4.72 Å². The summed E-state index contributed by atoms with van der Waals surface area (Å²) in [5, 5.41) is 0. The number of halogens is 2. The van der Waals surface area contributed by atoms with E-state index in [1.54, 1.807) is 13.0 Å². The van der Waals surface area contributed by atoms with Gasteiger partial charge in [0, 0.05) is 4.47 Å². The molecule has 1 rings (SSSR count). The first-order chi connectivity index (χ1) is 6.96. The van der Waals surface area contributed by atoms with E-state index < -0.39 is 15.8 Å². The lowest BCUT2D eigenvalue weighted by atomic mass is 10.3. The summed E-state index contributed by atoms with van der Waals surface area (Å²) in [6, 6.07) is 4.28. The van der Waals surface area contributed by atoms with Gasteiger partial charge in [-0.25, -0.2) is 12.8 Å². The molecule has 15 heavy (non-hydrogen) atoms. The molecule has 6 heteroatoms. The van der Waals surface area contributed by atoms with E-state index in [4.69, 9.17) is 0 Å². The largest absolute Gasteiger partial charge is 0.279 e. The van der Waals surface area contributed by atoms with E-state index in [1.807, 2.05) is 0 Å². The van der Waals surface area contributed by atoms with Gasteiger partial charge in [-0.2, -0.15) is 0 Å². The van der Waals surface area contributed by atoms with E-state index in [1.165, 1.54) is 12.1 Å². The summed E-state index contributed by atoms with van der Waals surface area (Å²) < 4.78 is 38.7. The lowest BCUT2D eigenvalue weighted by Crippen LogP contribution is -2.17. The SMILES string of the molecule is CCCS(=O)(=O)Nc1c(F)cccc1Br. The van der Waals surface area contributed by atoms with Crippen LogP contribution in [0, 0.1) is 5.82 Å². The van der Waals surface area contributed by atoms with Crippen molar-refractivity contribution < 1.29 is 12.8 Å². The van der Waals surface area contributed by atoms with Gasteiger partial charge in [0.15, 0.2) is 0 Å².